The summed E-state index contributed by atoms with van der Waals surface area (Å²) < 4.78 is 37.9. The Morgan fingerprint density at radius 1 is 1.38 bits per heavy atom. The Morgan fingerprint density at radius 2 is 1.95 bits per heavy atom. The van der Waals surface area contributed by atoms with Gasteiger partial charge in [-0.2, -0.15) is 4.31 Å². The van der Waals surface area contributed by atoms with Crippen molar-refractivity contribution in [3.05, 3.63) is 16.7 Å². The maximum Gasteiger partial charge on any atom is 0.247 e. The van der Waals surface area contributed by atoms with Gasteiger partial charge >= 0.3 is 0 Å². The molecular weight excluding hydrogens is 364 g/mol. The van der Waals surface area contributed by atoms with E-state index in [1.54, 1.807) is 0 Å². The van der Waals surface area contributed by atoms with Crippen LogP contribution in [0, 0.1) is 0 Å². The van der Waals surface area contributed by atoms with Gasteiger partial charge in [-0.15, -0.1) is 0 Å². The third kappa shape index (κ3) is 3.20. The van der Waals surface area contributed by atoms with E-state index in [1.807, 2.05) is 0 Å². The number of nitrogens with two attached hydrogens (primary N) is 1. The molecule has 118 valence electrons. The number of hydrazine groups is 1. The first kappa shape index (κ1) is 16.6. The molecule has 0 aromatic carbocycles. The summed E-state index contributed by atoms with van der Waals surface area (Å²) in [7, 11) is -0.695. The van der Waals surface area contributed by atoms with Crippen molar-refractivity contribution in [3.8, 4) is 0 Å². The number of nitrogen functional groups attached to an aromatic ring is 1. The summed E-state index contributed by atoms with van der Waals surface area (Å²) >= 11 is 3.21. The monoisotopic (exact) mass is 380 g/mol. The van der Waals surface area contributed by atoms with Gasteiger partial charge in [0.05, 0.1) is 12.2 Å². The number of hydrogen-bond acceptors (Lipinski definition) is 7. The Morgan fingerprint density at radius 3 is 2.43 bits per heavy atom. The number of sulfonamides is 1. The smallest absolute Gasteiger partial charge is 0.247 e. The highest BCUT2D eigenvalue weighted by Gasteiger charge is 2.40. The van der Waals surface area contributed by atoms with Gasteiger partial charge in [0, 0.05) is 38.0 Å². The fourth-order valence-corrected chi connectivity index (χ4v) is 4.30. The number of anilines is 1. The van der Waals surface area contributed by atoms with Crippen LogP contribution in [-0.2, 0) is 19.5 Å². The fourth-order valence-electron chi connectivity index (χ4n) is 2.22. The van der Waals surface area contributed by atoms with E-state index in [-0.39, 0.29) is 36.0 Å². The van der Waals surface area contributed by atoms with Gasteiger partial charge in [0.2, 0.25) is 10.0 Å². The summed E-state index contributed by atoms with van der Waals surface area (Å²) in [5.41, 5.74) is 2.30. The molecule has 3 N–H and O–H groups in total. The molecule has 0 spiro atoms. The molecule has 2 rings (SSSR count). The highest BCUT2D eigenvalue weighted by molar-refractivity contribution is 9.10. The number of methoxy groups -OCH3 is 2. The largest absolute Gasteiger partial charge is 0.377 e. The third-order valence-corrected chi connectivity index (χ3v) is 5.64. The lowest BCUT2D eigenvalue weighted by Gasteiger charge is -2.17. The molecule has 0 radical (unpaired) electrons. The van der Waals surface area contributed by atoms with Crippen molar-refractivity contribution in [1.29, 1.82) is 0 Å². The van der Waals surface area contributed by atoms with Crippen molar-refractivity contribution >= 4 is 31.8 Å². The number of hydrogen-bond donors (Lipinski definition) is 2. The summed E-state index contributed by atoms with van der Waals surface area (Å²) in [6, 6.07) is 1.46. The summed E-state index contributed by atoms with van der Waals surface area (Å²) in [6.07, 6.45) is 0.854. The highest BCUT2D eigenvalue weighted by atomic mass is 79.9. The van der Waals surface area contributed by atoms with Crippen LogP contribution in [0.1, 0.15) is 0 Å². The van der Waals surface area contributed by atoms with E-state index < -0.39 is 10.0 Å². The van der Waals surface area contributed by atoms with Crippen molar-refractivity contribution in [2.24, 2.45) is 5.84 Å². The van der Waals surface area contributed by atoms with E-state index in [0.29, 0.717) is 4.47 Å². The van der Waals surface area contributed by atoms with Gasteiger partial charge in [0.1, 0.15) is 4.90 Å². The van der Waals surface area contributed by atoms with Crippen LogP contribution >= 0.6 is 15.9 Å². The average molecular weight is 381 g/mol. The molecular formula is C11H17BrN4O4S. The Hall–Kier alpha value is -0.780. The number of nitrogens with one attached hydrogen (secondary N) is 1. The minimum Gasteiger partial charge on any atom is -0.377 e. The van der Waals surface area contributed by atoms with Crippen LogP contribution in [-0.4, -0.2) is 57.2 Å². The van der Waals surface area contributed by atoms with E-state index in [1.165, 1.54) is 30.8 Å². The SMILES string of the molecule is COC1CN(S(=O)(=O)c2cc(Br)cnc2NN)CC1OC. The van der Waals surface area contributed by atoms with Gasteiger partial charge in [0.15, 0.2) is 5.82 Å². The van der Waals surface area contributed by atoms with Crippen LogP contribution in [0.2, 0.25) is 0 Å². The van der Waals surface area contributed by atoms with Crippen molar-refractivity contribution in [3.63, 3.8) is 0 Å². The molecule has 1 aliphatic heterocycles. The van der Waals surface area contributed by atoms with Crippen LogP contribution < -0.4 is 11.3 Å². The number of aromatic nitrogens is 1. The standard InChI is InChI=1S/C11H17BrN4O4S/c1-19-8-5-16(6-9(8)20-2)21(17,18)10-3-7(12)4-14-11(10)15-13/h3-4,8-9H,5-6,13H2,1-2H3,(H,14,15). The van der Waals surface area contributed by atoms with E-state index in [0.717, 1.165) is 0 Å². The van der Waals surface area contributed by atoms with E-state index in [9.17, 15) is 8.42 Å². The molecule has 1 aliphatic rings. The second-order valence-corrected chi connectivity index (χ2v) is 7.34. The molecule has 0 amide bonds. The summed E-state index contributed by atoms with van der Waals surface area (Å²) in [5, 5.41) is 0. The molecule has 0 saturated carbocycles. The summed E-state index contributed by atoms with van der Waals surface area (Å²) in [4.78, 5) is 3.97. The Bertz CT molecular complexity index is 600. The lowest BCUT2D eigenvalue weighted by Crippen LogP contribution is -2.31. The normalized spacial score (nSPS) is 23.4. The van der Waals surface area contributed by atoms with Crippen LogP contribution in [0.25, 0.3) is 0 Å². The first-order valence-electron chi connectivity index (χ1n) is 6.12. The quantitative estimate of drug-likeness (QED) is 0.553. The molecule has 1 aromatic rings. The zero-order valence-electron chi connectivity index (χ0n) is 11.6. The zero-order valence-corrected chi connectivity index (χ0v) is 14.0. The molecule has 1 aromatic heterocycles. The van der Waals surface area contributed by atoms with Crippen molar-refractivity contribution in [1.82, 2.24) is 9.29 Å². The van der Waals surface area contributed by atoms with Crippen molar-refractivity contribution in [2.75, 3.05) is 32.7 Å². The number of rotatable bonds is 5. The van der Waals surface area contributed by atoms with Crippen LogP contribution in [0.4, 0.5) is 5.82 Å². The van der Waals surface area contributed by atoms with Crippen LogP contribution in [0.5, 0.6) is 0 Å². The average Bonchev–Trinajstić information content (AvgIpc) is 2.91. The van der Waals surface area contributed by atoms with Crippen molar-refractivity contribution in [2.45, 2.75) is 17.1 Å². The van der Waals surface area contributed by atoms with Gasteiger partial charge in [-0.25, -0.2) is 19.2 Å². The fraction of sp³-hybridized carbons (Fsp3) is 0.545. The topological polar surface area (TPSA) is 107 Å². The number of nitrogens with zero attached hydrogens (tertiary/aromatic N) is 2. The second-order valence-electron chi connectivity index (χ2n) is 4.51. The summed E-state index contributed by atoms with van der Waals surface area (Å²) in [6.45, 7) is 0.432. The Balaban J connectivity index is 2.37. The molecule has 0 aliphatic carbocycles. The lowest BCUT2D eigenvalue weighted by atomic mass is 10.3. The van der Waals surface area contributed by atoms with Gasteiger partial charge in [0.25, 0.3) is 0 Å². The van der Waals surface area contributed by atoms with Gasteiger partial charge in [-0.1, -0.05) is 0 Å². The Labute approximate surface area is 131 Å². The minimum atomic E-state index is -3.75. The van der Waals surface area contributed by atoms with E-state index >= 15 is 0 Å². The first-order valence-corrected chi connectivity index (χ1v) is 8.35. The van der Waals surface area contributed by atoms with Crippen molar-refractivity contribution < 1.29 is 17.9 Å². The van der Waals surface area contributed by atoms with Gasteiger partial charge in [-0.05, 0) is 22.0 Å². The summed E-state index contributed by atoms with van der Waals surface area (Å²) in [5.74, 6) is 5.43. The molecule has 10 heteroatoms. The molecule has 2 heterocycles. The number of pyridine rings is 1. The Kier molecular flexibility index (Phi) is 5.17. The molecule has 21 heavy (non-hydrogen) atoms. The predicted molar refractivity (Wildman–Crippen MR) is 80.1 cm³/mol. The predicted octanol–water partition coefficient (Wildman–Crippen LogP) is 0.164. The first-order chi connectivity index (χ1) is 9.93. The molecule has 0 bridgehead atoms. The van der Waals surface area contributed by atoms with Gasteiger partial charge in [-0.3, -0.25) is 0 Å². The van der Waals surface area contributed by atoms with E-state index in [2.05, 4.69) is 26.3 Å². The molecule has 1 fully saturated rings. The van der Waals surface area contributed by atoms with Crippen LogP contribution in [0.3, 0.4) is 0 Å². The second kappa shape index (κ2) is 6.55. The highest BCUT2D eigenvalue weighted by Crippen LogP contribution is 2.29. The van der Waals surface area contributed by atoms with Gasteiger partial charge < -0.3 is 14.9 Å². The minimum absolute atomic E-state index is 0.00554. The zero-order chi connectivity index (χ0) is 15.6. The van der Waals surface area contributed by atoms with Crippen LogP contribution in [0.15, 0.2) is 21.6 Å². The number of halogens is 1. The molecule has 8 nitrogen and oxygen atoms in total. The lowest BCUT2D eigenvalue weighted by molar-refractivity contribution is -0.00461. The number of ether oxygens (including phenoxy) is 2. The molecule has 1 saturated heterocycles. The molecule has 2 atom stereocenters. The third-order valence-electron chi connectivity index (χ3n) is 3.36. The maximum atomic E-state index is 12.7. The maximum absolute atomic E-state index is 12.7. The molecule has 2 unspecified atom stereocenters. The van der Waals surface area contributed by atoms with E-state index in [4.69, 9.17) is 15.3 Å².